The van der Waals surface area contributed by atoms with Crippen molar-refractivity contribution in [2.45, 2.75) is 13.8 Å². The van der Waals surface area contributed by atoms with Crippen molar-refractivity contribution in [1.29, 1.82) is 0 Å². The van der Waals surface area contributed by atoms with Crippen LogP contribution in [-0.2, 0) is 14.6 Å². The van der Waals surface area contributed by atoms with Crippen molar-refractivity contribution in [3.05, 3.63) is 0 Å². The molecule has 0 amide bonds. The van der Waals surface area contributed by atoms with Gasteiger partial charge in [-0.3, -0.25) is 4.89 Å². The van der Waals surface area contributed by atoms with E-state index in [9.17, 15) is 4.79 Å². The molecule has 0 saturated carbocycles. The van der Waals surface area contributed by atoms with Crippen molar-refractivity contribution in [1.82, 2.24) is 0 Å². The second-order valence-electron chi connectivity index (χ2n) is 1.85. The molecule has 0 atom stereocenters. The van der Waals surface area contributed by atoms with Crippen LogP contribution in [0.5, 0.6) is 0 Å². The molecule has 3 nitrogen and oxygen atoms in total. The highest BCUT2D eigenvalue weighted by Gasteiger charge is 1.92. The van der Waals surface area contributed by atoms with Gasteiger partial charge in [0.25, 0.3) is 0 Å². The molecule has 0 unspecified atom stereocenters. The fourth-order valence-electron chi connectivity index (χ4n) is 0.194. The molecule has 3 heteroatoms. The Morgan fingerprint density at radius 2 is 2.25 bits per heavy atom. The summed E-state index contributed by atoms with van der Waals surface area (Å²) in [6, 6.07) is 0. The van der Waals surface area contributed by atoms with Gasteiger partial charge in [0, 0.05) is 0 Å². The van der Waals surface area contributed by atoms with E-state index in [-0.39, 0.29) is 0 Å². The van der Waals surface area contributed by atoms with E-state index in [2.05, 4.69) is 9.78 Å². The maximum absolute atomic E-state index is 9.31. The van der Waals surface area contributed by atoms with Gasteiger partial charge in [0.15, 0.2) is 0 Å². The summed E-state index contributed by atoms with van der Waals surface area (Å²) >= 11 is 0. The molecule has 8 heavy (non-hydrogen) atoms. The molecular weight excluding hydrogens is 108 g/mol. The van der Waals surface area contributed by atoms with Gasteiger partial charge in [-0.25, -0.2) is 4.79 Å². The summed E-state index contributed by atoms with van der Waals surface area (Å²) in [5, 5.41) is 0. The van der Waals surface area contributed by atoms with Crippen molar-refractivity contribution in [2.75, 3.05) is 6.61 Å². The van der Waals surface area contributed by atoms with Gasteiger partial charge in [0.2, 0.25) is 0 Å². The summed E-state index contributed by atoms with van der Waals surface area (Å²) in [4.78, 5) is 17.5. The van der Waals surface area contributed by atoms with Gasteiger partial charge in [-0.2, -0.15) is 4.89 Å². The maximum Gasteiger partial charge on any atom is 0.453 e. The van der Waals surface area contributed by atoms with E-state index in [0.29, 0.717) is 12.5 Å². The van der Waals surface area contributed by atoms with Crippen molar-refractivity contribution >= 4 is 6.47 Å². The van der Waals surface area contributed by atoms with Gasteiger partial charge in [0.05, 0.1) is 6.61 Å². The molecular formula is C5H9O3. The Morgan fingerprint density at radius 1 is 1.62 bits per heavy atom. The third kappa shape index (κ3) is 5.43. The monoisotopic (exact) mass is 117 g/mol. The molecule has 0 aromatic rings. The molecule has 0 spiro atoms. The van der Waals surface area contributed by atoms with Gasteiger partial charge < -0.3 is 0 Å². The van der Waals surface area contributed by atoms with Crippen LogP contribution in [-0.4, -0.2) is 13.1 Å². The lowest BCUT2D eigenvalue weighted by molar-refractivity contribution is -0.229. The lowest BCUT2D eigenvalue weighted by Crippen LogP contribution is -2.01. The van der Waals surface area contributed by atoms with Gasteiger partial charge in [-0.1, -0.05) is 13.8 Å². The minimum Gasteiger partial charge on any atom is -0.285 e. The molecule has 0 bridgehead atoms. The SMILES string of the molecule is CC(C)COO[C]=O. The quantitative estimate of drug-likeness (QED) is 0.308. The highest BCUT2D eigenvalue weighted by atomic mass is 17.2. The highest BCUT2D eigenvalue weighted by Crippen LogP contribution is 1.90. The lowest BCUT2D eigenvalue weighted by atomic mass is 10.2. The number of hydrogen-bond donors (Lipinski definition) is 0. The van der Waals surface area contributed by atoms with Crippen LogP contribution in [0.25, 0.3) is 0 Å². The van der Waals surface area contributed by atoms with Crippen LogP contribution in [0.3, 0.4) is 0 Å². The van der Waals surface area contributed by atoms with E-state index < -0.39 is 0 Å². The van der Waals surface area contributed by atoms with Crippen molar-refractivity contribution in [3.8, 4) is 0 Å². The Bertz CT molecular complexity index is 60.7. The van der Waals surface area contributed by atoms with Gasteiger partial charge in [-0.05, 0) is 5.92 Å². The smallest absolute Gasteiger partial charge is 0.285 e. The molecule has 0 N–H and O–H groups in total. The minimum atomic E-state index is 0.378. The molecule has 0 fully saturated rings. The molecule has 0 saturated heterocycles. The third-order valence-electron chi connectivity index (χ3n) is 0.494. The largest absolute Gasteiger partial charge is 0.453 e. The van der Waals surface area contributed by atoms with Crippen LogP contribution >= 0.6 is 0 Å². The zero-order valence-electron chi connectivity index (χ0n) is 5.01. The molecule has 1 radical (unpaired) electrons. The summed E-state index contributed by atoms with van der Waals surface area (Å²) < 4.78 is 0. The molecule has 0 aromatic heterocycles. The third-order valence-corrected chi connectivity index (χ3v) is 0.494. The Balaban J connectivity index is 2.81. The second-order valence-corrected chi connectivity index (χ2v) is 1.85. The van der Waals surface area contributed by atoms with Crippen LogP contribution in [0.2, 0.25) is 0 Å². The van der Waals surface area contributed by atoms with Crippen LogP contribution < -0.4 is 0 Å². The number of carbonyl (C=O) groups excluding carboxylic acids is 1. The number of rotatable bonds is 4. The molecule has 0 heterocycles. The maximum atomic E-state index is 9.31. The summed E-state index contributed by atoms with van der Waals surface area (Å²) in [6.45, 7) is 5.48. The first-order valence-corrected chi connectivity index (χ1v) is 2.43. The fraction of sp³-hybridized carbons (Fsp3) is 0.800. The first-order chi connectivity index (χ1) is 3.77. The predicted molar refractivity (Wildman–Crippen MR) is 27.6 cm³/mol. The lowest BCUT2D eigenvalue weighted by Gasteiger charge is -1.99. The summed E-state index contributed by atoms with van der Waals surface area (Å²) in [5.41, 5.74) is 0. The minimum absolute atomic E-state index is 0.378. The Kier molecular flexibility index (Phi) is 4.26. The first-order valence-electron chi connectivity index (χ1n) is 2.43. The Hall–Kier alpha value is -0.570. The molecule has 0 aliphatic heterocycles. The van der Waals surface area contributed by atoms with Gasteiger partial charge >= 0.3 is 6.47 Å². The van der Waals surface area contributed by atoms with E-state index in [1.807, 2.05) is 13.8 Å². The number of hydrogen-bond acceptors (Lipinski definition) is 3. The molecule has 0 aliphatic rings. The second kappa shape index (κ2) is 4.59. The van der Waals surface area contributed by atoms with Crippen molar-refractivity contribution in [3.63, 3.8) is 0 Å². The Labute approximate surface area is 48.5 Å². The van der Waals surface area contributed by atoms with E-state index >= 15 is 0 Å². The van der Waals surface area contributed by atoms with Crippen LogP contribution in [0.4, 0.5) is 0 Å². The zero-order chi connectivity index (χ0) is 6.41. The van der Waals surface area contributed by atoms with E-state index in [1.165, 1.54) is 0 Å². The van der Waals surface area contributed by atoms with Crippen LogP contribution in [0.1, 0.15) is 13.8 Å². The average Bonchev–Trinajstić information content (AvgIpc) is 1.66. The van der Waals surface area contributed by atoms with E-state index in [0.717, 1.165) is 6.47 Å². The van der Waals surface area contributed by atoms with E-state index in [1.54, 1.807) is 0 Å². The normalized spacial score (nSPS) is 9.38. The summed E-state index contributed by atoms with van der Waals surface area (Å²) in [5.74, 6) is 0.378. The standard InChI is InChI=1S/C5H9O3/c1-5(2)3-7-8-4-6/h5H,3H2,1-2H3. The Morgan fingerprint density at radius 3 is 2.62 bits per heavy atom. The molecule has 0 aromatic carbocycles. The van der Waals surface area contributed by atoms with Gasteiger partial charge in [0.1, 0.15) is 0 Å². The fourth-order valence-corrected chi connectivity index (χ4v) is 0.194. The molecule has 0 aliphatic carbocycles. The predicted octanol–water partition coefficient (Wildman–Crippen LogP) is 0.658. The average molecular weight is 117 g/mol. The van der Waals surface area contributed by atoms with Gasteiger partial charge in [-0.15, -0.1) is 0 Å². The van der Waals surface area contributed by atoms with Crippen LogP contribution in [0, 0.1) is 5.92 Å². The van der Waals surface area contributed by atoms with Crippen LogP contribution in [0.15, 0.2) is 0 Å². The molecule has 0 rings (SSSR count). The summed E-state index contributed by atoms with van der Waals surface area (Å²) in [6.07, 6.45) is 0. The zero-order valence-corrected chi connectivity index (χ0v) is 5.01. The summed E-state index contributed by atoms with van der Waals surface area (Å²) in [7, 11) is 0. The topological polar surface area (TPSA) is 35.5 Å². The van der Waals surface area contributed by atoms with E-state index in [4.69, 9.17) is 0 Å². The molecule has 47 valence electrons. The van der Waals surface area contributed by atoms with Crippen molar-refractivity contribution < 1.29 is 14.6 Å². The first kappa shape index (κ1) is 7.43. The van der Waals surface area contributed by atoms with Crippen molar-refractivity contribution in [2.24, 2.45) is 5.92 Å². The highest BCUT2D eigenvalue weighted by molar-refractivity contribution is 5.36.